The summed E-state index contributed by atoms with van der Waals surface area (Å²) in [6, 6.07) is 0.551. The molecule has 1 aromatic rings. The molecule has 0 saturated carbocycles. The van der Waals surface area contributed by atoms with Crippen molar-refractivity contribution in [3.63, 3.8) is 0 Å². The molecule has 1 saturated heterocycles. The highest BCUT2D eigenvalue weighted by atomic mass is 35.5. The Morgan fingerprint density at radius 1 is 1.33 bits per heavy atom. The van der Waals surface area contributed by atoms with E-state index in [1.165, 1.54) is 25.9 Å². The lowest BCUT2D eigenvalue weighted by Gasteiger charge is -2.36. The van der Waals surface area contributed by atoms with Crippen LogP contribution in [0, 0.1) is 0 Å². The van der Waals surface area contributed by atoms with Crippen molar-refractivity contribution in [2.45, 2.75) is 31.7 Å². The molecule has 0 bridgehead atoms. The van der Waals surface area contributed by atoms with Crippen molar-refractivity contribution in [1.82, 2.24) is 14.9 Å². The summed E-state index contributed by atoms with van der Waals surface area (Å²) < 4.78 is 0. The molecule has 0 aromatic carbocycles. The maximum absolute atomic E-state index is 5.74. The van der Waals surface area contributed by atoms with Gasteiger partial charge in [-0.1, -0.05) is 6.92 Å². The molecule has 0 amide bonds. The van der Waals surface area contributed by atoms with Crippen molar-refractivity contribution in [1.29, 1.82) is 0 Å². The fourth-order valence-corrected chi connectivity index (χ4v) is 2.52. The standard InChI is InChI=1S/C13H21ClN4/c1-3-18-6-4-12(5-7-18)17(2)13-15-9-11(8-14)10-16-13/h9-10,12H,3-8H2,1-2H3. The van der Waals surface area contributed by atoms with Gasteiger partial charge >= 0.3 is 0 Å². The summed E-state index contributed by atoms with van der Waals surface area (Å²) in [7, 11) is 2.09. The molecule has 1 fully saturated rings. The Labute approximate surface area is 114 Å². The summed E-state index contributed by atoms with van der Waals surface area (Å²) >= 11 is 5.74. The Bertz CT molecular complexity index is 360. The molecule has 0 unspecified atom stereocenters. The molecule has 2 heterocycles. The quantitative estimate of drug-likeness (QED) is 0.783. The second-order valence-corrected chi connectivity index (χ2v) is 5.07. The Hall–Kier alpha value is -0.870. The molecule has 0 spiro atoms. The Kier molecular flexibility index (Phi) is 4.78. The molecule has 0 radical (unpaired) electrons. The number of hydrogen-bond donors (Lipinski definition) is 0. The summed E-state index contributed by atoms with van der Waals surface area (Å²) in [6.07, 6.45) is 6.00. The number of anilines is 1. The highest BCUT2D eigenvalue weighted by molar-refractivity contribution is 6.17. The zero-order valence-corrected chi connectivity index (χ0v) is 11.9. The van der Waals surface area contributed by atoms with Crippen LogP contribution in [0.5, 0.6) is 0 Å². The third kappa shape index (κ3) is 3.12. The van der Waals surface area contributed by atoms with Crippen LogP contribution >= 0.6 is 11.6 Å². The van der Waals surface area contributed by atoms with Crippen LogP contribution in [0.15, 0.2) is 12.4 Å². The van der Waals surface area contributed by atoms with Gasteiger partial charge < -0.3 is 9.80 Å². The fraction of sp³-hybridized carbons (Fsp3) is 0.692. The minimum Gasteiger partial charge on any atom is -0.341 e. The summed E-state index contributed by atoms with van der Waals surface area (Å²) in [5.41, 5.74) is 0.967. The van der Waals surface area contributed by atoms with Gasteiger partial charge in [0.05, 0.1) is 5.88 Å². The van der Waals surface area contributed by atoms with Gasteiger partial charge in [-0.25, -0.2) is 9.97 Å². The van der Waals surface area contributed by atoms with Gasteiger partial charge in [0.25, 0.3) is 0 Å². The van der Waals surface area contributed by atoms with Crippen molar-refractivity contribution < 1.29 is 0 Å². The normalized spacial score (nSPS) is 17.9. The molecule has 100 valence electrons. The van der Waals surface area contributed by atoms with Gasteiger partial charge in [-0.05, 0) is 19.4 Å². The van der Waals surface area contributed by atoms with Gasteiger partial charge in [0, 0.05) is 44.1 Å². The van der Waals surface area contributed by atoms with E-state index in [1.807, 2.05) is 12.4 Å². The molecule has 1 aliphatic heterocycles. The topological polar surface area (TPSA) is 32.3 Å². The number of nitrogens with zero attached hydrogens (tertiary/aromatic N) is 4. The third-order valence-corrected chi connectivity index (χ3v) is 4.02. The van der Waals surface area contributed by atoms with E-state index in [0.29, 0.717) is 11.9 Å². The van der Waals surface area contributed by atoms with E-state index in [4.69, 9.17) is 11.6 Å². The molecular formula is C13H21ClN4. The van der Waals surface area contributed by atoms with Crippen molar-refractivity contribution in [3.8, 4) is 0 Å². The van der Waals surface area contributed by atoms with E-state index in [0.717, 1.165) is 18.1 Å². The first-order valence-corrected chi connectivity index (χ1v) is 7.10. The van der Waals surface area contributed by atoms with E-state index in [2.05, 4.69) is 33.7 Å². The maximum atomic E-state index is 5.74. The Morgan fingerprint density at radius 2 is 1.94 bits per heavy atom. The first-order valence-electron chi connectivity index (χ1n) is 6.56. The zero-order valence-electron chi connectivity index (χ0n) is 11.1. The van der Waals surface area contributed by atoms with Crippen molar-refractivity contribution in [2.75, 3.05) is 31.6 Å². The molecule has 1 aliphatic rings. The van der Waals surface area contributed by atoms with E-state index < -0.39 is 0 Å². The lowest BCUT2D eigenvalue weighted by molar-refractivity contribution is 0.220. The molecule has 0 N–H and O–H groups in total. The minimum absolute atomic E-state index is 0.471. The average Bonchev–Trinajstić information content (AvgIpc) is 2.47. The van der Waals surface area contributed by atoms with Crippen LogP contribution in [0.2, 0.25) is 0 Å². The predicted octanol–water partition coefficient (Wildman–Crippen LogP) is 2.14. The molecule has 4 nitrogen and oxygen atoms in total. The summed E-state index contributed by atoms with van der Waals surface area (Å²) in [4.78, 5) is 13.4. The highest BCUT2D eigenvalue weighted by Crippen LogP contribution is 2.19. The molecule has 1 aromatic heterocycles. The van der Waals surface area contributed by atoms with E-state index in [9.17, 15) is 0 Å². The SMILES string of the molecule is CCN1CCC(N(C)c2ncc(CCl)cn2)CC1. The van der Waals surface area contributed by atoms with Crippen molar-refractivity contribution in [2.24, 2.45) is 0 Å². The summed E-state index contributed by atoms with van der Waals surface area (Å²) in [5.74, 6) is 1.28. The second-order valence-electron chi connectivity index (χ2n) is 4.80. The molecule has 0 atom stereocenters. The van der Waals surface area contributed by atoms with Gasteiger partial charge in [-0.3, -0.25) is 0 Å². The van der Waals surface area contributed by atoms with Crippen molar-refractivity contribution in [3.05, 3.63) is 18.0 Å². The number of likely N-dealkylation sites (tertiary alicyclic amines) is 1. The highest BCUT2D eigenvalue weighted by Gasteiger charge is 2.22. The van der Waals surface area contributed by atoms with Crippen molar-refractivity contribution >= 4 is 17.5 Å². The predicted molar refractivity (Wildman–Crippen MR) is 75.1 cm³/mol. The van der Waals surface area contributed by atoms with Gasteiger partial charge in [-0.15, -0.1) is 11.6 Å². The van der Waals surface area contributed by atoms with E-state index in [-0.39, 0.29) is 0 Å². The van der Waals surface area contributed by atoms with E-state index >= 15 is 0 Å². The lowest BCUT2D eigenvalue weighted by atomic mass is 10.0. The van der Waals surface area contributed by atoms with Gasteiger partial charge in [0.1, 0.15) is 0 Å². The second kappa shape index (κ2) is 6.34. The molecule has 2 rings (SSSR count). The van der Waals surface area contributed by atoms with Gasteiger partial charge in [0.15, 0.2) is 0 Å². The van der Waals surface area contributed by atoms with Gasteiger partial charge in [-0.2, -0.15) is 0 Å². The van der Waals surface area contributed by atoms with Gasteiger partial charge in [0.2, 0.25) is 5.95 Å². The molecule has 18 heavy (non-hydrogen) atoms. The molecule has 5 heteroatoms. The Morgan fingerprint density at radius 3 is 2.44 bits per heavy atom. The number of rotatable bonds is 4. The van der Waals surface area contributed by atoms with Crippen LogP contribution in [0.25, 0.3) is 0 Å². The summed E-state index contributed by atoms with van der Waals surface area (Å²) in [5, 5.41) is 0. The van der Waals surface area contributed by atoms with Crippen LogP contribution in [0.4, 0.5) is 5.95 Å². The van der Waals surface area contributed by atoms with Crippen LogP contribution in [-0.4, -0.2) is 47.6 Å². The number of halogens is 1. The first-order chi connectivity index (χ1) is 8.74. The number of aromatic nitrogens is 2. The van der Waals surface area contributed by atoms with Crippen LogP contribution in [0.1, 0.15) is 25.3 Å². The smallest absolute Gasteiger partial charge is 0.225 e. The number of hydrogen-bond acceptors (Lipinski definition) is 4. The monoisotopic (exact) mass is 268 g/mol. The summed E-state index contributed by atoms with van der Waals surface area (Å²) in [6.45, 7) is 5.71. The minimum atomic E-state index is 0.471. The molecular weight excluding hydrogens is 248 g/mol. The first kappa shape index (κ1) is 13.6. The average molecular weight is 269 g/mol. The Balaban J connectivity index is 1.96. The van der Waals surface area contributed by atoms with E-state index in [1.54, 1.807) is 0 Å². The number of alkyl halides is 1. The van der Waals surface area contributed by atoms with Crippen LogP contribution in [-0.2, 0) is 5.88 Å². The fourth-order valence-electron chi connectivity index (χ4n) is 2.39. The van der Waals surface area contributed by atoms with Crippen LogP contribution < -0.4 is 4.90 Å². The maximum Gasteiger partial charge on any atom is 0.225 e. The third-order valence-electron chi connectivity index (χ3n) is 3.71. The lowest BCUT2D eigenvalue weighted by Crippen LogP contribution is -2.43. The number of piperidine rings is 1. The zero-order chi connectivity index (χ0) is 13.0. The van der Waals surface area contributed by atoms with Crippen LogP contribution in [0.3, 0.4) is 0 Å². The molecule has 0 aliphatic carbocycles. The largest absolute Gasteiger partial charge is 0.341 e.